The number of rotatable bonds is 4. The number of nitrogens with zero attached hydrogens (tertiary/aromatic N) is 4. The van der Waals surface area contributed by atoms with Crippen LogP contribution in [0, 0.1) is 6.92 Å². The highest BCUT2D eigenvalue weighted by atomic mass is 19.4. The Morgan fingerprint density at radius 1 is 1.13 bits per heavy atom. The highest BCUT2D eigenvalue weighted by Gasteiger charge is 2.36. The van der Waals surface area contributed by atoms with Gasteiger partial charge in [-0.15, -0.1) is 0 Å². The Labute approximate surface area is 176 Å². The third kappa shape index (κ3) is 4.70. The second kappa shape index (κ2) is 7.93. The first-order chi connectivity index (χ1) is 14.6. The van der Waals surface area contributed by atoms with Gasteiger partial charge in [-0.25, -0.2) is 15.0 Å². The van der Waals surface area contributed by atoms with E-state index >= 15 is 0 Å². The molecule has 3 aromatic heterocycles. The van der Waals surface area contributed by atoms with Crippen molar-refractivity contribution in [2.75, 3.05) is 5.32 Å². The molecular weight excluding hydrogens is 411 g/mol. The molecule has 0 aliphatic heterocycles. The van der Waals surface area contributed by atoms with Crippen LogP contribution in [-0.4, -0.2) is 35.8 Å². The molecule has 0 spiro atoms. The minimum Gasteiger partial charge on any atom is -0.393 e. The van der Waals surface area contributed by atoms with Gasteiger partial charge in [0.25, 0.3) is 0 Å². The third-order valence-corrected chi connectivity index (χ3v) is 5.41. The molecule has 1 aliphatic carbocycles. The molecule has 164 valence electrons. The molecule has 0 saturated heterocycles. The molecule has 0 radical (unpaired) electrons. The number of aromatic nitrogens is 4. The fraction of sp³-hybridized carbons (Fsp3) is 0.381. The Kier molecular flexibility index (Phi) is 5.44. The average Bonchev–Trinajstić information content (AvgIpc) is 3.21. The van der Waals surface area contributed by atoms with E-state index in [1.165, 1.54) is 6.33 Å². The molecule has 1 aliphatic rings. The second-order valence-corrected chi connectivity index (χ2v) is 7.87. The van der Waals surface area contributed by atoms with Crippen molar-refractivity contribution in [3.63, 3.8) is 0 Å². The van der Waals surface area contributed by atoms with Crippen LogP contribution < -0.4 is 5.32 Å². The van der Waals surface area contributed by atoms with Crippen LogP contribution in [0.25, 0.3) is 5.82 Å². The van der Waals surface area contributed by atoms with E-state index in [0.717, 1.165) is 23.9 Å². The van der Waals surface area contributed by atoms with E-state index in [1.54, 1.807) is 22.9 Å². The van der Waals surface area contributed by atoms with Gasteiger partial charge in [-0.3, -0.25) is 4.57 Å². The first-order valence-corrected chi connectivity index (χ1v) is 9.87. The molecule has 0 bridgehead atoms. The minimum absolute atomic E-state index is 0.0280. The quantitative estimate of drug-likeness (QED) is 0.578. The summed E-state index contributed by atoms with van der Waals surface area (Å²) in [5.74, 6) is 0.851. The van der Waals surface area contributed by atoms with Crippen molar-refractivity contribution in [2.24, 2.45) is 0 Å². The molecular formula is C21H22F3N5O2. The summed E-state index contributed by atoms with van der Waals surface area (Å²) in [6.45, 7) is 1.84. The molecule has 1 fully saturated rings. The lowest BCUT2D eigenvalue weighted by Gasteiger charge is -2.32. The Morgan fingerprint density at radius 3 is 2.58 bits per heavy atom. The van der Waals surface area contributed by atoms with E-state index in [4.69, 9.17) is 0 Å². The molecule has 0 atom stereocenters. The zero-order valence-corrected chi connectivity index (χ0v) is 16.8. The summed E-state index contributed by atoms with van der Waals surface area (Å²) in [7, 11) is 0. The van der Waals surface area contributed by atoms with Crippen LogP contribution >= 0.6 is 0 Å². The molecule has 1 saturated carbocycles. The molecule has 0 unspecified atom stereocenters. The van der Waals surface area contributed by atoms with Gasteiger partial charge in [0.15, 0.2) is 0 Å². The fourth-order valence-corrected chi connectivity index (χ4v) is 3.68. The van der Waals surface area contributed by atoms with Crippen LogP contribution in [0.1, 0.15) is 42.5 Å². The summed E-state index contributed by atoms with van der Waals surface area (Å²) in [4.78, 5) is 12.7. The van der Waals surface area contributed by atoms with Crippen molar-refractivity contribution in [1.29, 1.82) is 0 Å². The highest BCUT2D eigenvalue weighted by molar-refractivity contribution is 5.55. The van der Waals surface area contributed by atoms with Crippen molar-refractivity contribution >= 4 is 11.6 Å². The van der Waals surface area contributed by atoms with Gasteiger partial charge < -0.3 is 15.5 Å². The van der Waals surface area contributed by atoms with Crippen molar-refractivity contribution in [1.82, 2.24) is 19.5 Å². The molecule has 4 rings (SSSR count). The van der Waals surface area contributed by atoms with E-state index < -0.39 is 23.4 Å². The standard InChI is InChI=1S/C21H22F3N5O2/c1-13-8-18(27-17-10-14(4-7-25-17)21(22,23)24)28-19(9-13)29-11-16(26-12-29)20(31)5-2-15(30)3-6-20/h4,7-12,15,30-31H,2-3,5-6H2,1H3,(H,25,27,28)/t15-,20+. The summed E-state index contributed by atoms with van der Waals surface area (Å²) in [6.07, 6.45) is 1.28. The van der Waals surface area contributed by atoms with Crippen LogP contribution in [0.4, 0.5) is 24.8 Å². The molecule has 3 heterocycles. The van der Waals surface area contributed by atoms with E-state index in [2.05, 4.69) is 20.3 Å². The Bertz CT molecular complexity index is 1070. The van der Waals surface area contributed by atoms with Crippen LogP contribution in [-0.2, 0) is 11.8 Å². The lowest BCUT2D eigenvalue weighted by atomic mass is 9.81. The maximum Gasteiger partial charge on any atom is 0.416 e. The minimum atomic E-state index is -4.47. The van der Waals surface area contributed by atoms with Crippen molar-refractivity contribution < 1.29 is 23.4 Å². The lowest BCUT2D eigenvalue weighted by molar-refractivity contribution is -0.137. The number of alkyl halides is 3. The molecule has 7 nitrogen and oxygen atoms in total. The number of aryl methyl sites for hydroxylation is 1. The average molecular weight is 433 g/mol. The number of nitrogens with one attached hydrogen (secondary N) is 1. The topological polar surface area (TPSA) is 96.1 Å². The van der Waals surface area contributed by atoms with Gasteiger partial charge in [-0.1, -0.05) is 0 Å². The first kappa shape index (κ1) is 21.3. The summed E-state index contributed by atoms with van der Waals surface area (Å²) in [5, 5.41) is 23.4. The van der Waals surface area contributed by atoms with Crippen LogP contribution in [0.5, 0.6) is 0 Å². The third-order valence-electron chi connectivity index (χ3n) is 5.41. The zero-order chi connectivity index (χ0) is 22.2. The van der Waals surface area contributed by atoms with Gasteiger partial charge >= 0.3 is 6.18 Å². The first-order valence-electron chi connectivity index (χ1n) is 9.87. The number of aliphatic hydroxyl groups excluding tert-OH is 1. The Morgan fingerprint density at radius 2 is 1.87 bits per heavy atom. The van der Waals surface area contributed by atoms with Crippen molar-refractivity contribution in [3.8, 4) is 5.82 Å². The van der Waals surface area contributed by atoms with Gasteiger partial charge in [-0.05, 0) is 62.4 Å². The molecule has 0 amide bonds. The van der Waals surface area contributed by atoms with Crippen LogP contribution in [0.2, 0.25) is 0 Å². The van der Waals surface area contributed by atoms with Gasteiger partial charge in [-0.2, -0.15) is 13.2 Å². The highest BCUT2D eigenvalue weighted by Crippen LogP contribution is 2.36. The molecule has 3 N–H and O–H groups in total. The van der Waals surface area contributed by atoms with Crippen LogP contribution in [0.15, 0.2) is 43.0 Å². The van der Waals surface area contributed by atoms with Gasteiger partial charge in [0.05, 0.1) is 17.4 Å². The van der Waals surface area contributed by atoms with E-state index in [-0.39, 0.29) is 5.82 Å². The summed E-state index contributed by atoms with van der Waals surface area (Å²) in [5.41, 5.74) is -0.578. The maximum atomic E-state index is 12.9. The van der Waals surface area contributed by atoms with Crippen LogP contribution in [0.3, 0.4) is 0 Å². The predicted molar refractivity (Wildman–Crippen MR) is 107 cm³/mol. The monoisotopic (exact) mass is 433 g/mol. The smallest absolute Gasteiger partial charge is 0.393 e. The van der Waals surface area contributed by atoms with Gasteiger partial charge in [0, 0.05) is 12.4 Å². The van der Waals surface area contributed by atoms with Gasteiger partial charge in [0.2, 0.25) is 0 Å². The molecule has 31 heavy (non-hydrogen) atoms. The SMILES string of the molecule is Cc1cc(Nc2cc(C(F)(F)F)ccn2)nc(-n2cnc([C@]3(O)CC[C@@H](O)CC3)c2)c1. The number of halogens is 3. The molecule has 0 aromatic carbocycles. The van der Waals surface area contributed by atoms with Crippen molar-refractivity contribution in [3.05, 3.63) is 59.8 Å². The molecule has 10 heteroatoms. The van der Waals surface area contributed by atoms with Gasteiger partial charge in [0.1, 0.15) is 29.4 Å². The Balaban J connectivity index is 1.59. The molecule has 3 aromatic rings. The number of hydrogen-bond acceptors (Lipinski definition) is 6. The maximum absolute atomic E-state index is 12.9. The number of pyridine rings is 2. The zero-order valence-electron chi connectivity index (χ0n) is 16.8. The summed E-state index contributed by atoms with van der Waals surface area (Å²) >= 11 is 0. The lowest BCUT2D eigenvalue weighted by Crippen LogP contribution is -2.33. The second-order valence-electron chi connectivity index (χ2n) is 7.87. The predicted octanol–water partition coefficient (Wildman–Crippen LogP) is 3.86. The number of aliphatic hydroxyl groups is 2. The number of hydrogen-bond donors (Lipinski definition) is 3. The summed E-state index contributed by atoms with van der Waals surface area (Å²) < 4.78 is 40.5. The number of anilines is 2. The largest absolute Gasteiger partial charge is 0.416 e. The van der Waals surface area contributed by atoms with E-state index in [1.807, 2.05) is 6.92 Å². The van der Waals surface area contributed by atoms with E-state index in [0.29, 0.717) is 43.0 Å². The fourth-order valence-electron chi connectivity index (χ4n) is 3.68. The normalized spacial score (nSPS) is 21.8. The van der Waals surface area contributed by atoms with Crippen molar-refractivity contribution in [2.45, 2.75) is 50.5 Å². The Hall–Kier alpha value is -2.98. The van der Waals surface area contributed by atoms with E-state index in [9.17, 15) is 23.4 Å². The number of imidazole rings is 1. The summed E-state index contributed by atoms with van der Waals surface area (Å²) in [6, 6.07) is 5.32.